The van der Waals surface area contributed by atoms with Crippen LogP contribution in [0.1, 0.15) is 35.7 Å². The Balaban J connectivity index is 1.60. The van der Waals surface area contributed by atoms with Crippen molar-refractivity contribution in [3.63, 3.8) is 0 Å². The molecule has 0 radical (unpaired) electrons. The van der Waals surface area contributed by atoms with Crippen molar-refractivity contribution in [2.24, 2.45) is 0 Å². The van der Waals surface area contributed by atoms with Crippen LogP contribution >= 0.6 is 0 Å². The van der Waals surface area contributed by atoms with Gasteiger partial charge in [-0.15, -0.1) is 0 Å². The highest BCUT2D eigenvalue weighted by molar-refractivity contribution is 5.84. The SMILES string of the molecule is CC(c1ccc(C(=O)O)o1)N1CCC(N2CCOCC2)C1. The van der Waals surface area contributed by atoms with Crippen molar-refractivity contribution >= 4 is 5.97 Å². The van der Waals surface area contributed by atoms with E-state index >= 15 is 0 Å². The monoisotopic (exact) mass is 294 g/mol. The van der Waals surface area contributed by atoms with Gasteiger partial charge in [-0.1, -0.05) is 0 Å². The fourth-order valence-electron chi connectivity index (χ4n) is 3.23. The minimum Gasteiger partial charge on any atom is -0.475 e. The molecule has 0 amide bonds. The molecule has 2 atom stereocenters. The second-order valence-corrected chi connectivity index (χ2v) is 5.77. The van der Waals surface area contributed by atoms with E-state index in [9.17, 15) is 4.79 Å². The zero-order valence-electron chi connectivity index (χ0n) is 12.3. The van der Waals surface area contributed by atoms with Gasteiger partial charge in [0.25, 0.3) is 0 Å². The maximum absolute atomic E-state index is 10.9. The number of carboxylic acid groups (broad SMARTS) is 1. The van der Waals surface area contributed by atoms with E-state index < -0.39 is 5.97 Å². The van der Waals surface area contributed by atoms with Gasteiger partial charge in [0.05, 0.1) is 19.3 Å². The summed E-state index contributed by atoms with van der Waals surface area (Å²) < 4.78 is 10.8. The number of likely N-dealkylation sites (tertiary alicyclic amines) is 1. The molecule has 6 heteroatoms. The van der Waals surface area contributed by atoms with E-state index in [-0.39, 0.29) is 11.8 Å². The number of nitrogens with zero attached hydrogens (tertiary/aromatic N) is 2. The first-order chi connectivity index (χ1) is 10.1. The van der Waals surface area contributed by atoms with Crippen LogP contribution in [0.3, 0.4) is 0 Å². The second-order valence-electron chi connectivity index (χ2n) is 5.77. The van der Waals surface area contributed by atoms with Crippen LogP contribution in [0, 0.1) is 0 Å². The molecule has 3 heterocycles. The average Bonchev–Trinajstić information content (AvgIpc) is 3.17. The maximum Gasteiger partial charge on any atom is 0.371 e. The van der Waals surface area contributed by atoms with Gasteiger partial charge in [-0.25, -0.2) is 4.79 Å². The van der Waals surface area contributed by atoms with Crippen molar-refractivity contribution in [2.75, 3.05) is 39.4 Å². The van der Waals surface area contributed by atoms with Crippen molar-refractivity contribution in [1.29, 1.82) is 0 Å². The molecular formula is C15H22N2O4. The number of hydrogen-bond acceptors (Lipinski definition) is 5. The summed E-state index contributed by atoms with van der Waals surface area (Å²) in [4.78, 5) is 15.8. The third-order valence-electron chi connectivity index (χ3n) is 4.55. The zero-order chi connectivity index (χ0) is 14.8. The van der Waals surface area contributed by atoms with Crippen molar-refractivity contribution in [2.45, 2.75) is 25.4 Å². The van der Waals surface area contributed by atoms with Gasteiger partial charge in [0.2, 0.25) is 5.76 Å². The molecule has 2 saturated heterocycles. The number of aromatic carboxylic acids is 1. The van der Waals surface area contributed by atoms with Crippen LogP contribution in [0.5, 0.6) is 0 Å². The van der Waals surface area contributed by atoms with Crippen LogP contribution in [-0.2, 0) is 4.74 Å². The molecule has 0 aliphatic carbocycles. The number of morpholine rings is 1. The Hall–Kier alpha value is -1.37. The molecule has 116 valence electrons. The van der Waals surface area contributed by atoms with Gasteiger partial charge in [0.1, 0.15) is 5.76 Å². The molecule has 2 unspecified atom stereocenters. The Labute approximate surface area is 124 Å². The largest absolute Gasteiger partial charge is 0.475 e. The van der Waals surface area contributed by atoms with E-state index in [2.05, 4.69) is 16.7 Å². The summed E-state index contributed by atoms with van der Waals surface area (Å²) in [5.74, 6) is -0.267. The van der Waals surface area contributed by atoms with Crippen LogP contribution in [-0.4, -0.2) is 66.3 Å². The Kier molecular flexibility index (Phi) is 4.28. The maximum atomic E-state index is 10.9. The van der Waals surface area contributed by atoms with Gasteiger partial charge >= 0.3 is 5.97 Å². The van der Waals surface area contributed by atoms with Crippen molar-refractivity contribution in [3.8, 4) is 0 Å². The van der Waals surface area contributed by atoms with Crippen molar-refractivity contribution < 1.29 is 19.1 Å². The normalized spacial score (nSPS) is 26.0. The van der Waals surface area contributed by atoms with Crippen LogP contribution in [0.15, 0.2) is 16.5 Å². The minimum atomic E-state index is -1.01. The summed E-state index contributed by atoms with van der Waals surface area (Å²) in [6.07, 6.45) is 1.15. The molecule has 2 fully saturated rings. The highest BCUT2D eigenvalue weighted by Gasteiger charge is 2.32. The summed E-state index contributed by atoms with van der Waals surface area (Å²) in [5.41, 5.74) is 0. The molecule has 6 nitrogen and oxygen atoms in total. The molecule has 2 aliphatic heterocycles. The zero-order valence-corrected chi connectivity index (χ0v) is 12.3. The summed E-state index contributed by atoms with van der Waals surface area (Å²) in [7, 11) is 0. The summed E-state index contributed by atoms with van der Waals surface area (Å²) in [6, 6.07) is 3.99. The number of rotatable bonds is 4. The van der Waals surface area contributed by atoms with Gasteiger partial charge < -0.3 is 14.3 Å². The molecule has 1 aromatic heterocycles. The van der Waals surface area contributed by atoms with Crippen LogP contribution in [0.2, 0.25) is 0 Å². The molecule has 3 rings (SSSR count). The van der Waals surface area contributed by atoms with E-state index in [0.717, 1.165) is 51.6 Å². The predicted octanol–water partition coefficient (Wildman–Crippen LogP) is 1.45. The van der Waals surface area contributed by atoms with E-state index in [4.69, 9.17) is 14.3 Å². The standard InChI is InChI=1S/C15H22N2O4/c1-11(13-2-3-14(21-13)15(18)19)17-5-4-12(10-17)16-6-8-20-9-7-16/h2-3,11-12H,4-10H2,1H3,(H,18,19). The summed E-state index contributed by atoms with van der Waals surface area (Å²) in [6.45, 7) is 7.77. The number of ether oxygens (including phenoxy) is 1. The van der Waals surface area contributed by atoms with Crippen LogP contribution in [0.25, 0.3) is 0 Å². The lowest BCUT2D eigenvalue weighted by Crippen LogP contribution is -2.44. The summed E-state index contributed by atoms with van der Waals surface area (Å²) in [5, 5.41) is 8.93. The van der Waals surface area contributed by atoms with Gasteiger partial charge in [-0.05, 0) is 25.5 Å². The first kappa shape index (κ1) is 14.6. The topological polar surface area (TPSA) is 66.2 Å². The molecule has 0 bridgehead atoms. The number of furan rings is 1. The quantitative estimate of drug-likeness (QED) is 0.906. The van der Waals surface area contributed by atoms with Crippen LogP contribution in [0.4, 0.5) is 0 Å². The van der Waals surface area contributed by atoms with Gasteiger partial charge in [0, 0.05) is 32.2 Å². The molecule has 21 heavy (non-hydrogen) atoms. The smallest absolute Gasteiger partial charge is 0.371 e. The molecule has 2 aliphatic rings. The van der Waals surface area contributed by atoms with E-state index in [0.29, 0.717) is 6.04 Å². The molecule has 0 aromatic carbocycles. The molecule has 0 spiro atoms. The first-order valence-corrected chi connectivity index (χ1v) is 7.54. The summed E-state index contributed by atoms with van der Waals surface area (Å²) >= 11 is 0. The Morgan fingerprint density at radius 3 is 2.76 bits per heavy atom. The fraction of sp³-hybridized carbons (Fsp3) is 0.667. The van der Waals surface area contributed by atoms with Gasteiger partial charge in [-0.2, -0.15) is 0 Å². The van der Waals surface area contributed by atoms with Gasteiger partial charge in [0.15, 0.2) is 0 Å². The lowest BCUT2D eigenvalue weighted by atomic mass is 10.2. The lowest BCUT2D eigenvalue weighted by molar-refractivity contribution is 0.0175. The Bertz CT molecular complexity index is 496. The molecular weight excluding hydrogens is 272 g/mol. The third-order valence-corrected chi connectivity index (χ3v) is 4.55. The van der Waals surface area contributed by atoms with Crippen LogP contribution < -0.4 is 0 Å². The lowest BCUT2D eigenvalue weighted by Gasteiger charge is -2.32. The molecule has 1 aromatic rings. The molecule has 0 saturated carbocycles. The Morgan fingerprint density at radius 1 is 1.33 bits per heavy atom. The minimum absolute atomic E-state index is 0.0146. The first-order valence-electron chi connectivity index (χ1n) is 7.54. The molecule has 1 N–H and O–H groups in total. The highest BCUT2D eigenvalue weighted by atomic mass is 16.5. The van der Waals surface area contributed by atoms with Gasteiger partial charge in [-0.3, -0.25) is 9.80 Å². The van der Waals surface area contributed by atoms with E-state index in [1.807, 2.05) is 0 Å². The number of hydrogen-bond donors (Lipinski definition) is 1. The van der Waals surface area contributed by atoms with E-state index in [1.165, 1.54) is 6.07 Å². The average molecular weight is 294 g/mol. The van der Waals surface area contributed by atoms with E-state index in [1.54, 1.807) is 6.07 Å². The number of carbonyl (C=O) groups is 1. The second kappa shape index (κ2) is 6.17. The number of carboxylic acids is 1. The fourth-order valence-corrected chi connectivity index (χ4v) is 3.23. The Morgan fingerprint density at radius 2 is 2.10 bits per heavy atom. The van der Waals surface area contributed by atoms with Crippen molar-refractivity contribution in [3.05, 3.63) is 23.7 Å². The highest BCUT2D eigenvalue weighted by Crippen LogP contribution is 2.28. The van der Waals surface area contributed by atoms with Crippen molar-refractivity contribution in [1.82, 2.24) is 9.80 Å². The third kappa shape index (κ3) is 3.12. The predicted molar refractivity (Wildman–Crippen MR) is 76.5 cm³/mol.